The smallest absolute Gasteiger partial charge is 0.323 e. The van der Waals surface area contributed by atoms with Gasteiger partial charge >= 0.3 is 6.03 Å². The maximum absolute atomic E-state index is 13.3. The normalized spacial score (nSPS) is 22.4. The van der Waals surface area contributed by atoms with Crippen LogP contribution in [0.3, 0.4) is 0 Å². The van der Waals surface area contributed by atoms with E-state index in [9.17, 15) is 22.8 Å². The summed E-state index contributed by atoms with van der Waals surface area (Å²) in [7, 11) is -3.73. The number of hydrogen-bond donors (Lipinski definition) is 2. The predicted octanol–water partition coefficient (Wildman–Crippen LogP) is 2.85. The Hall–Kier alpha value is -2.95. The quantitative estimate of drug-likeness (QED) is 0.593. The number of imide groups is 1. The summed E-state index contributed by atoms with van der Waals surface area (Å²) in [4.78, 5) is 39.7. The number of anilines is 1. The van der Waals surface area contributed by atoms with E-state index in [-0.39, 0.29) is 15.6 Å². The van der Waals surface area contributed by atoms with E-state index >= 15 is 0 Å². The minimum atomic E-state index is -3.73. The molecule has 0 unspecified atom stereocenters. The number of carbonyl (C=O) groups excluding carboxylic acids is 3. The molecule has 35 heavy (non-hydrogen) atoms. The van der Waals surface area contributed by atoms with Gasteiger partial charge in [-0.2, -0.15) is 4.31 Å². The minimum Gasteiger partial charge on any atom is -0.323 e. The molecule has 1 spiro atoms. The molecule has 2 aromatic rings. The Morgan fingerprint density at radius 2 is 1.83 bits per heavy atom. The fourth-order valence-electron chi connectivity index (χ4n) is 5.08. The molecule has 5 rings (SSSR count). The summed E-state index contributed by atoms with van der Waals surface area (Å²) in [5, 5.41) is 5.49. The first-order valence-electron chi connectivity index (χ1n) is 11.5. The lowest BCUT2D eigenvalue weighted by molar-refractivity contribution is -0.134. The molecule has 2 aromatic carbocycles. The fraction of sp³-hybridized carbons (Fsp3) is 0.375. The van der Waals surface area contributed by atoms with E-state index < -0.39 is 40.0 Å². The van der Waals surface area contributed by atoms with Crippen molar-refractivity contribution in [2.75, 3.05) is 25.0 Å². The van der Waals surface area contributed by atoms with E-state index in [1.807, 2.05) is 24.3 Å². The number of halogens is 1. The topological polar surface area (TPSA) is 116 Å². The van der Waals surface area contributed by atoms with Gasteiger partial charge in [-0.05, 0) is 55.0 Å². The number of benzene rings is 2. The maximum atomic E-state index is 13.3. The number of amides is 4. The van der Waals surface area contributed by atoms with Gasteiger partial charge in [-0.25, -0.2) is 13.2 Å². The van der Waals surface area contributed by atoms with Gasteiger partial charge in [0.25, 0.3) is 5.91 Å². The number of urea groups is 1. The number of carbonyl (C=O) groups is 3. The lowest BCUT2D eigenvalue weighted by Crippen LogP contribution is -2.43. The molecule has 2 heterocycles. The van der Waals surface area contributed by atoms with Crippen molar-refractivity contribution in [1.82, 2.24) is 14.5 Å². The van der Waals surface area contributed by atoms with Crippen LogP contribution in [0, 0.1) is 0 Å². The van der Waals surface area contributed by atoms with Crippen molar-refractivity contribution in [2.24, 2.45) is 0 Å². The van der Waals surface area contributed by atoms with E-state index in [2.05, 4.69) is 10.6 Å². The number of rotatable bonds is 5. The number of nitrogens with one attached hydrogen (secondary N) is 2. The summed E-state index contributed by atoms with van der Waals surface area (Å²) in [5.74, 6) is -1.14. The molecule has 0 bridgehead atoms. The molecule has 3 aliphatic rings. The highest BCUT2D eigenvalue weighted by Gasteiger charge is 2.55. The van der Waals surface area contributed by atoms with Gasteiger partial charge in [0.2, 0.25) is 15.9 Å². The van der Waals surface area contributed by atoms with Crippen molar-refractivity contribution >= 4 is 45.2 Å². The molecule has 4 amide bonds. The Morgan fingerprint density at radius 3 is 2.60 bits per heavy atom. The average molecular weight is 517 g/mol. The molecule has 2 aliphatic heterocycles. The van der Waals surface area contributed by atoms with Crippen LogP contribution in [0.15, 0.2) is 47.4 Å². The Labute approximate surface area is 208 Å². The standard InChI is InChI=1S/C24H25ClN4O5S/c25-19-9-8-17(35(33,34)28-12-4-1-5-13-28)14-20(19)26-21(30)15-29-22(31)24(27-23(29)32)11-10-16-6-2-3-7-18(16)24/h2-3,6-9,14H,1,4-5,10-13,15H2,(H,26,30)(H,27,32)/t24-/m1/s1. The molecule has 0 saturated carbocycles. The number of piperidine rings is 1. The van der Waals surface area contributed by atoms with Crippen LogP contribution >= 0.6 is 11.6 Å². The monoisotopic (exact) mass is 516 g/mol. The van der Waals surface area contributed by atoms with Crippen LogP contribution in [-0.2, 0) is 31.6 Å². The number of aryl methyl sites for hydroxylation is 1. The third-order valence-corrected chi connectivity index (χ3v) is 9.11. The van der Waals surface area contributed by atoms with Crippen LogP contribution in [0.25, 0.3) is 0 Å². The Bertz CT molecular complexity index is 1320. The van der Waals surface area contributed by atoms with Crippen LogP contribution in [0.5, 0.6) is 0 Å². The molecule has 2 N–H and O–H groups in total. The molecule has 0 radical (unpaired) electrons. The Morgan fingerprint density at radius 1 is 1.09 bits per heavy atom. The third kappa shape index (κ3) is 4.09. The van der Waals surface area contributed by atoms with Gasteiger partial charge in [-0.1, -0.05) is 42.3 Å². The van der Waals surface area contributed by atoms with Crippen LogP contribution in [-0.4, -0.2) is 55.1 Å². The van der Waals surface area contributed by atoms with E-state index in [1.54, 1.807) is 0 Å². The van der Waals surface area contributed by atoms with Gasteiger partial charge in [0.15, 0.2) is 0 Å². The lowest BCUT2D eigenvalue weighted by Gasteiger charge is -2.26. The maximum Gasteiger partial charge on any atom is 0.325 e. The van der Waals surface area contributed by atoms with Crippen LogP contribution in [0.4, 0.5) is 10.5 Å². The molecule has 9 nitrogen and oxygen atoms in total. The van der Waals surface area contributed by atoms with Crippen molar-refractivity contribution < 1.29 is 22.8 Å². The van der Waals surface area contributed by atoms with E-state index in [0.717, 1.165) is 35.3 Å². The molecule has 11 heteroatoms. The zero-order valence-electron chi connectivity index (χ0n) is 18.9. The average Bonchev–Trinajstić information content (AvgIpc) is 3.34. The summed E-state index contributed by atoms with van der Waals surface area (Å²) in [6.45, 7) is 0.376. The lowest BCUT2D eigenvalue weighted by atomic mass is 9.92. The highest BCUT2D eigenvalue weighted by molar-refractivity contribution is 7.89. The van der Waals surface area contributed by atoms with Crippen molar-refractivity contribution in [3.63, 3.8) is 0 Å². The number of fused-ring (bicyclic) bond motifs is 2. The van der Waals surface area contributed by atoms with Gasteiger partial charge in [0, 0.05) is 13.1 Å². The molecule has 1 aliphatic carbocycles. The minimum absolute atomic E-state index is 0.0237. The summed E-state index contributed by atoms with van der Waals surface area (Å²) in [5.41, 5.74) is 0.683. The summed E-state index contributed by atoms with van der Waals surface area (Å²) in [6, 6.07) is 10.9. The largest absolute Gasteiger partial charge is 0.325 e. The molecule has 2 fully saturated rings. The summed E-state index contributed by atoms with van der Waals surface area (Å²) >= 11 is 6.22. The van der Waals surface area contributed by atoms with E-state index in [1.165, 1.54) is 22.5 Å². The van der Waals surface area contributed by atoms with Crippen molar-refractivity contribution in [1.29, 1.82) is 0 Å². The highest BCUT2D eigenvalue weighted by Crippen LogP contribution is 2.41. The Kier molecular flexibility index (Phi) is 6.06. The van der Waals surface area contributed by atoms with Crippen molar-refractivity contribution in [3.8, 4) is 0 Å². The van der Waals surface area contributed by atoms with Gasteiger partial charge < -0.3 is 10.6 Å². The van der Waals surface area contributed by atoms with Gasteiger partial charge in [-0.3, -0.25) is 14.5 Å². The molecular formula is C24H25ClN4O5S. The first kappa shape index (κ1) is 23.8. The van der Waals surface area contributed by atoms with Crippen LogP contribution in [0.2, 0.25) is 5.02 Å². The van der Waals surface area contributed by atoms with Crippen LogP contribution in [0.1, 0.15) is 36.8 Å². The zero-order chi connectivity index (χ0) is 24.8. The highest BCUT2D eigenvalue weighted by atomic mass is 35.5. The van der Waals surface area contributed by atoms with Gasteiger partial charge in [0.1, 0.15) is 12.1 Å². The van der Waals surface area contributed by atoms with Gasteiger partial charge in [-0.15, -0.1) is 0 Å². The third-order valence-electron chi connectivity index (χ3n) is 6.89. The molecule has 184 valence electrons. The van der Waals surface area contributed by atoms with E-state index in [0.29, 0.717) is 25.9 Å². The Balaban J connectivity index is 1.32. The summed E-state index contributed by atoms with van der Waals surface area (Å²) in [6.07, 6.45) is 3.67. The number of nitrogens with zero attached hydrogens (tertiary/aromatic N) is 2. The van der Waals surface area contributed by atoms with Crippen molar-refractivity contribution in [2.45, 2.75) is 42.5 Å². The van der Waals surface area contributed by atoms with Crippen LogP contribution < -0.4 is 10.6 Å². The van der Waals surface area contributed by atoms with Crippen molar-refractivity contribution in [3.05, 3.63) is 58.6 Å². The first-order valence-corrected chi connectivity index (χ1v) is 13.4. The second-order valence-corrected chi connectivity index (χ2v) is 11.4. The molecule has 1 atom stereocenters. The first-order chi connectivity index (χ1) is 16.7. The fourth-order valence-corrected chi connectivity index (χ4v) is 6.79. The van der Waals surface area contributed by atoms with Gasteiger partial charge in [0.05, 0.1) is 15.6 Å². The number of hydrogen-bond acceptors (Lipinski definition) is 5. The second-order valence-electron chi connectivity index (χ2n) is 9.04. The summed E-state index contributed by atoms with van der Waals surface area (Å²) < 4.78 is 27.4. The van der Waals surface area contributed by atoms with E-state index in [4.69, 9.17) is 11.6 Å². The second kappa shape index (κ2) is 8.92. The number of sulfonamides is 1. The molecule has 2 saturated heterocycles. The molecular weight excluding hydrogens is 492 g/mol. The molecule has 0 aromatic heterocycles. The predicted molar refractivity (Wildman–Crippen MR) is 129 cm³/mol. The SMILES string of the molecule is O=C(CN1C(=O)N[C@@]2(CCc3ccccc32)C1=O)Nc1cc(S(=O)(=O)N2CCCCC2)ccc1Cl. The zero-order valence-corrected chi connectivity index (χ0v) is 20.5.